The van der Waals surface area contributed by atoms with Gasteiger partial charge in [0.1, 0.15) is 17.3 Å². The quantitative estimate of drug-likeness (QED) is 0.884. The third-order valence-corrected chi connectivity index (χ3v) is 3.55. The molecule has 1 aliphatic rings. The van der Waals surface area contributed by atoms with Crippen molar-refractivity contribution < 1.29 is 9.53 Å². The predicted molar refractivity (Wildman–Crippen MR) is 87.1 cm³/mol. The number of halogens is 1. The molecule has 0 aromatic heterocycles. The topological polar surface area (TPSA) is 50.7 Å². The fourth-order valence-electron chi connectivity index (χ4n) is 2.14. The zero-order chi connectivity index (χ0) is 15.5. The van der Waals surface area contributed by atoms with Crippen LogP contribution in [-0.4, -0.2) is 18.9 Å². The Kier molecular flexibility index (Phi) is 3.94. The van der Waals surface area contributed by atoms with E-state index in [1.54, 1.807) is 19.3 Å². The molecule has 1 amide bonds. The summed E-state index contributed by atoms with van der Waals surface area (Å²) in [4.78, 5) is 16.4. The van der Waals surface area contributed by atoms with Gasteiger partial charge >= 0.3 is 0 Å². The van der Waals surface area contributed by atoms with Crippen LogP contribution >= 0.6 is 11.6 Å². The number of benzene rings is 2. The maximum atomic E-state index is 12.1. The number of nitrogens with one attached hydrogen (secondary N) is 1. The van der Waals surface area contributed by atoms with Gasteiger partial charge in [0.2, 0.25) is 0 Å². The molecule has 1 N–H and O–H groups in total. The van der Waals surface area contributed by atoms with Gasteiger partial charge in [-0.05, 0) is 35.9 Å². The molecule has 0 aliphatic carbocycles. The lowest BCUT2D eigenvalue weighted by molar-refractivity contribution is -0.115. The largest absolute Gasteiger partial charge is 0.497 e. The summed E-state index contributed by atoms with van der Waals surface area (Å²) in [6.45, 7) is 0. The zero-order valence-electron chi connectivity index (χ0n) is 11.8. The molecule has 0 radical (unpaired) electrons. The Balaban J connectivity index is 1.96. The van der Waals surface area contributed by atoms with E-state index in [2.05, 4.69) is 10.3 Å². The number of aliphatic imine (C=N–C) groups is 1. The van der Waals surface area contributed by atoms with Crippen LogP contribution < -0.4 is 10.1 Å². The minimum atomic E-state index is -0.252. The standard InChI is InChI=1S/C17H13ClN2O2/c1-22-12-6-4-5-11(9-12)10-15-17(21)20-16(19-15)13-7-2-3-8-14(13)18/h2-10H,1H3,(H,19,20,21)/b15-10+. The molecule has 2 aromatic rings. The predicted octanol–water partition coefficient (Wildman–Crippen LogP) is 3.27. The molecule has 4 nitrogen and oxygen atoms in total. The average Bonchev–Trinajstić information content (AvgIpc) is 2.89. The zero-order valence-corrected chi connectivity index (χ0v) is 12.6. The van der Waals surface area contributed by atoms with Gasteiger partial charge in [-0.1, -0.05) is 35.9 Å². The van der Waals surface area contributed by atoms with Gasteiger partial charge in [0, 0.05) is 5.56 Å². The van der Waals surface area contributed by atoms with Crippen LogP contribution in [0.3, 0.4) is 0 Å². The number of hydrogen-bond donors (Lipinski definition) is 1. The third kappa shape index (κ3) is 2.87. The van der Waals surface area contributed by atoms with Crippen LogP contribution in [0.5, 0.6) is 5.75 Å². The summed E-state index contributed by atoms with van der Waals surface area (Å²) in [5.41, 5.74) is 1.88. The molecule has 1 aliphatic heterocycles. The second-order valence-electron chi connectivity index (χ2n) is 4.70. The Hall–Kier alpha value is -2.59. The molecule has 3 rings (SSSR count). The normalized spacial score (nSPS) is 15.6. The molecule has 0 saturated carbocycles. The first-order chi connectivity index (χ1) is 10.7. The van der Waals surface area contributed by atoms with Crippen molar-refractivity contribution in [1.82, 2.24) is 5.32 Å². The number of methoxy groups -OCH3 is 1. The lowest BCUT2D eigenvalue weighted by Crippen LogP contribution is -2.24. The summed E-state index contributed by atoms with van der Waals surface area (Å²) in [5, 5.41) is 3.28. The van der Waals surface area contributed by atoms with Gasteiger partial charge in [0.15, 0.2) is 0 Å². The molecule has 5 heteroatoms. The minimum absolute atomic E-state index is 0.252. The molecular weight excluding hydrogens is 300 g/mol. The van der Waals surface area contributed by atoms with E-state index in [1.807, 2.05) is 42.5 Å². The van der Waals surface area contributed by atoms with E-state index < -0.39 is 0 Å². The maximum Gasteiger partial charge on any atom is 0.275 e. The Labute approximate surface area is 133 Å². The van der Waals surface area contributed by atoms with Crippen molar-refractivity contribution in [2.45, 2.75) is 0 Å². The Bertz CT molecular complexity index is 797. The van der Waals surface area contributed by atoms with E-state index in [0.717, 1.165) is 11.3 Å². The van der Waals surface area contributed by atoms with Crippen molar-refractivity contribution in [2.24, 2.45) is 4.99 Å². The van der Waals surface area contributed by atoms with Crippen molar-refractivity contribution in [1.29, 1.82) is 0 Å². The van der Waals surface area contributed by atoms with Crippen molar-refractivity contribution in [3.05, 3.63) is 70.4 Å². The Morgan fingerprint density at radius 1 is 1.18 bits per heavy atom. The molecule has 0 saturated heterocycles. The highest BCUT2D eigenvalue weighted by molar-refractivity contribution is 6.35. The molecule has 22 heavy (non-hydrogen) atoms. The van der Waals surface area contributed by atoms with Crippen LogP contribution in [0, 0.1) is 0 Å². The fourth-order valence-corrected chi connectivity index (χ4v) is 2.36. The van der Waals surface area contributed by atoms with Gasteiger partial charge < -0.3 is 10.1 Å². The summed E-state index contributed by atoms with van der Waals surface area (Å²) < 4.78 is 5.17. The van der Waals surface area contributed by atoms with E-state index in [0.29, 0.717) is 22.1 Å². The number of nitrogens with zero attached hydrogens (tertiary/aromatic N) is 1. The van der Waals surface area contributed by atoms with Crippen LogP contribution in [-0.2, 0) is 4.79 Å². The van der Waals surface area contributed by atoms with Crippen LogP contribution in [0.4, 0.5) is 0 Å². The van der Waals surface area contributed by atoms with Crippen molar-refractivity contribution in [3.8, 4) is 5.75 Å². The minimum Gasteiger partial charge on any atom is -0.497 e. The highest BCUT2D eigenvalue weighted by Crippen LogP contribution is 2.21. The molecule has 110 valence electrons. The molecule has 0 bridgehead atoms. The van der Waals surface area contributed by atoms with E-state index in [4.69, 9.17) is 16.3 Å². The second kappa shape index (κ2) is 6.03. The molecule has 0 atom stereocenters. The van der Waals surface area contributed by atoms with Gasteiger partial charge in [0.25, 0.3) is 5.91 Å². The summed E-state index contributed by atoms with van der Waals surface area (Å²) >= 11 is 6.13. The fraction of sp³-hybridized carbons (Fsp3) is 0.0588. The van der Waals surface area contributed by atoms with Gasteiger partial charge in [0.05, 0.1) is 12.1 Å². The van der Waals surface area contributed by atoms with Crippen LogP contribution in [0.25, 0.3) is 6.08 Å². The van der Waals surface area contributed by atoms with Gasteiger partial charge in [-0.15, -0.1) is 0 Å². The number of amidine groups is 1. The highest BCUT2D eigenvalue weighted by Gasteiger charge is 2.22. The summed E-state index contributed by atoms with van der Waals surface area (Å²) in [6, 6.07) is 14.7. The lowest BCUT2D eigenvalue weighted by Gasteiger charge is -2.01. The van der Waals surface area contributed by atoms with Crippen LogP contribution in [0.1, 0.15) is 11.1 Å². The van der Waals surface area contributed by atoms with Crippen LogP contribution in [0.2, 0.25) is 5.02 Å². The van der Waals surface area contributed by atoms with E-state index in [1.165, 1.54) is 0 Å². The van der Waals surface area contributed by atoms with E-state index in [-0.39, 0.29) is 5.91 Å². The first-order valence-electron chi connectivity index (χ1n) is 6.68. The monoisotopic (exact) mass is 312 g/mol. The number of carbonyl (C=O) groups excluding carboxylic acids is 1. The molecule has 0 fully saturated rings. The van der Waals surface area contributed by atoms with Gasteiger partial charge in [-0.2, -0.15) is 0 Å². The second-order valence-corrected chi connectivity index (χ2v) is 5.11. The summed E-state index contributed by atoms with van der Waals surface area (Å²) in [6.07, 6.45) is 1.71. The molecule has 0 unspecified atom stereocenters. The number of ether oxygens (including phenoxy) is 1. The van der Waals surface area contributed by atoms with E-state index in [9.17, 15) is 4.79 Å². The number of hydrogen-bond acceptors (Lipinski definition) is 3. The maximum absolute atomic E-state index is 12.1. The van der Waals surface area contributed by atoms with Crippen LogP contribution in [0.15, 0.2) is 59.2 Å². The van der Waals surface area contributed by atoms with Crippen molar-refractivity contribution in [3.63, 3.8) is 0 Å². The first-order valence-corrected chi connectivity index (χ1v) is 7.06. The number of carbonyl (C=O) groups is 1. The number of amides is 1. The lowest BCUT2D eigenvalue weighted by atomic mass is 10.2. The highest BCUT2D eigenvalue weighted by atomic mass is 35.5. The summed E-state index contributed by atoms with van der Waals surface area (Å²) in [5.74, 6) is 0.936. The number of rotatable bonds is 3. The smallest absolute Gasteiger partial charge is 0.275 e. The van der Waals surface area contributed by atoms with Gasteiger partial charge in [-0.25, -0.2) is 4.99 Å². The molecule has 1 heterocycles. The van der Waals surface area contributed by atoms with Crippen molar-refractivity contribution in [2.75, 3.05) is 7.11 Å². The molecular formula is C17H13ClN2O2. The Morgan fingerprint density at radius 2 is 2.00 bits per heavy atom. The molecule has 2 aromatic carbocycles. The Morgan fingerprint density at radius 3 is 2.77 bits per heavy atom. The van der Waals surface area contributed by atoms with E-state index >= 15 is 0 Å². The average molecular weight is 313 g/mol. The van der Waals surface area contributed by atoms with Gasteiger partial charge in [-0.3, -0.25) is 4.79 Å². The summed E-state index contributed by atoms with van der Waals surface area (Å²) in [7, 11) is 1.60. The SMILES string of the molecule is COc1cccc(/C=C2/N=C(c3ccccc3Cl)NC2=O)c1. The first kappa shape index (κ1) is 14.4. The van der Waals surface area contributed by atoms with Crippen molar-refractivity contribution >= 4 is 29.4 Å². The molecule has 0 spiro atoms. The third-order valence-electron chi connectivity index (χ3n) is 3.22.